The third kappa shape index (κ3) is 2.64. The van der Waals surface area contributed by atoms with Crippen molar-refractivity contribution in [2.45, 2.75) is 18.6 Å². The van der Waals surface area contributed by atoms with E-state index in [1.165, 1.54) is 0 Å². The molecule has 0 aliphatic rings. The molecule has 2 N–H and O–H groups in total. The van der Waals surface area contributed by atoms with Crippen LogP contribution in [-0.2, 0) is 0 Å². The standard InChI is InChI=1S/C11H9F2NO3/c12-8-2-1-6(10(13)7(8)5-15)11(17)9(16)3-4-14/h1-2,5,9,11,16-17H,3H2. The maximum absolute atomic E-state index is 13.6. The Bertz CT molecular complexity index is 471. The highest BCUT2D eigenvalue weighted by molar-refractivity contribution is 5.76. The van der Waals surface area contributed by atoms with Crippen molar-refractivity contribution in [2.24, 2.45) is 0 Å². The second kappa shape index (κ2) is 5.48. The minimum Gasteiger partial charge on any atom is -0.389 e. The largest absolute Gasteiger partial charge is 0.389 e. The Labute approximate surface area is 95.7 Å². The molecule has 0 heterocycles. The molecular weight excluding hydrogens is 232 g/mol. The normalized spacial score (nSPS) is 13.8. The van der Waals surface area contributed by atoms with Crippen LogP contribution < -0.4 is 0 Å². The van der Waals surface area contributed by atoms with Crippen LogP contribution in [0.5, 0.6) is 0 Å². The van der Waals surface area contributed by atoms with E-state index in [0.29, 0.717) is 0 Å². The monoisotopic (exact) mass is 241 g/mol. The number of nitriles is 1. The van der Waals surface area contributed by atoms with Gasteiger partial charge in [-0.15, -0.1) is 0 Å². The topological polar surface area (TPSA) is 81.3 Å². The van der Waals surface area contributed by atoms with Crippen LogP contribution in [0.15, 0.2) is 12.1 Å². The molecule has 1 aromatic carbocycles. The molecule has 0 aliphatic carbocycles. The number of aldehydes is 1. The minimum atomic E-state index is -1.69. The van der Waals surface area contributed by atoms with E-state index >= 15 is 0 Å². The zero-order chi connectivity index (χ0) is 13.0. The van der Waals surface area contributed by atoms with E-state index in [-0.39, 0.29) is 6.29 Å². The van der Waals surface area contributed by atoms with Crippen LogP contribution in [0.4, 0.5) is 8.78 Å². The third-order valence-electron chi connectivity index (χ3n) is 2.26. The molecule has 4 nitrogen and oxygen atoms in total. The first-order valence-electron chi connectivity index (χ1n) is 4.69. The Morgan fingerprint density at radius 1 is 1.41 bits per heavy atom. The van der Waals surface area contributed by atoms with E-state index in [0.717, 1.165) is 12.1 Å². The molecule has 2 unspecified atom stereocenters. The van der Waals surface area contributed by atoms with Crippen molar-refractivity contribution < 1.29 is 23.8 Å². The summed E-state index contributed by atoms with van der Waals surface area (Å²) in [6.45, 7) is 0. The lowest BCUT2D eigenvalue weighted by molar-refractivity contribution is 0.0194. The van der Waals surface area contributed by atoms with Gasteiger partial charge >= 0.3 is 0 Å². The van der Waals surface area contributed by atoms with Crippen LogP contribution in [0.1, 0.15) is 28.4 Å². The average Bonchev–Trinajstić information content (AvgIpc) is 2.29. The molecule has 0 fully saturated rings. The highest BCUT2D eigenvalue weighted by Gasteiger charge is 2.24. The maximum atomic E-state index is 13.6. The number of nitrogens with zero attached hydrogens (tertiary/aromatic N) is 1. The van der Waals surface area contributed by atoms with Crippen LogP contribution in [0.25, 0.3) is 0 Å². The zero-order valence-corrected chi connectivity index (χ0v) is 8.60. The second-order valence-electron chi connectivity index (χ2n) is 3.36. The van der Waals surface area contributed by atoms with Crippen molar-refractivity contribution in [3.05, 3.63) is 34.9 Å². The van der Waals surface area contributed by atoms with Gasteiger partial charge in [-0.05, 0) is 6.07 Å². The predicted molar refractivity (Wildman–Crippen MR) is 52.9 cm³/mol. The van der Waals surface area contributed by atoms with E-state index in [1.807, 2.05) is 0 Å². The maximum Gasteiger partial charge on any atom is 0.155 e. The van der Waals surface area contributed by atoms with Crippen LogP contribution in [0.2, 0.25) is 0 Å². The number of hydrogen-bond donors (Lipinski definition) is 2. The SMILES string of the molecule is N#CCC(O)C(O)c1ccc(F)c(C=O)c1F. The van der Waals surface area contributed by atoms with Gasteiger partial charge in [0, 0.05) is 5.56 Å². The summed E-state index contributed by atoms with van der Waals surface area (Å²) in [6.07, 6.45) is -3.61. The summed E-state index contributed by atoms with van der Waals surface area (Å²) in [5.41, 5.74) is -1.23. The van der Waals surface area contributed by atoms with Crippen LogP contribution in [0, 0.1) is 23.0 Å². The number of halogens is 2. The van der Waals surface area contributed by atoms with Gasteiger partial charge in [-0.2, -0.15) is 5.26 Å². The quantitative estimate of drug-likeness (QED) is 0.773. The molecule has 0 bridgehead atoms. The molecule has 1 rings (SSSR count). The van der Waals surface area contributed by atoms with Gasteiger partial charge in [-0.25, -0.2) is 8.78 Å². The van der Waals surface area contributed by atoms with Gasteiger partial charge in [0.25, 0.3) is 0 Å². The molecule has 90 valence electrons. The molecule has 1 aromatic rings. The summed E-state index contributed by atoms with van der Waals surface area (Å²) in [5, 5.41) is 27.2. The summed E-state index contributed by atoms with van der Waals surface area (Å²) in [7, 11) is 0. The number of carbonyl (C=O) groups is 1. The van der Waals surface area contributed by atoms with E-state index in [4.69, 9.17) is 5.26 Å². The first-order valence-corrected chi connectivity index (χ1v) is 4.69. The Morgan fingerprint density at radius 2 is 2.06 bits per heavy atom. The van der Waals surface area contributed by atoms with Crippen LogP contribution >= 0.6 is 0 Å². The van der Waals surface area contributed by atoms with Crippen molar-refractivity contribution in [1.82, 2.24) is 0 Å². The summed E-state index contributed by atoms with van der Waals surface area (Å²) in [5.74, 6) is -2.28. The molecule has 2 atom stereocenters. The Balaban J connectivity index is 3.15. The fourth-order valence-corrected chi connectivity index (χ4v) is 1.34. The minimum absolute atomic E-state index is 0.0163. The van der Waals surface area contributed by atoms with Gasteiger partial charge in [0.2, 0.25) is 0 Å². The highest BCUT2D eigenvalue weighted by atomic mass is 19.1. The summed E-state index contributed by atoms with van der Waals surface area (Å²) >= 11 is 0. The zero-order valence-electron chi connectivity index (χ0n) is 8.60. The Morgan fingerprint density at radius 3 is 2.59 bits per heavy atom. The number of aliphatic hydroxyl groups is 2. The molecule has 0 spiro atoms. The van der Waals surface area contributed by atoms with Gasteiger partial charge in [-0.1, -0.05) is 6.07 Å². The van der Waals surface area contributed by atoms with E-state index in [1.54, 1.807) is 6.07 Å². The summed E-state index contributed by atoms with van der Waals surface area (Å²) in [4.78, 5) is 10.4. The second-order valence-corrected chi connectivity index (χ2v) is 3.36. The molecule has 0 saturated heterocycles. The number of rotatable bonds is 4. The predicted octanol–water partition coefficient (Wildman–Crippen LogP) is 1.09. The third-order valence-corrected chi connectivity index (χ3v) is 2.26. The smallest absolute Gasteiger partial charge is 0.155 e. The molecule has 0 radical (unpaired) electrons. The first-order chi connectivity index (χ1) is 8.02. The molecule has 0 aromatic heterocycles. The lowest BCUT2D eigenvalue weighted by Gasteiger charge is -2.16. The highest BCUT2D eigenvalue weighted by Crippen LogP contribution is 2.24. The lowest BCUT2D eigenvalue weighted by atomic mass is 9.99. The molecular formula is C11H9F2NO3. The van der Waals surface area contributed by atoms with E-state index in [9.17, 15) is 23.8 Å². The van der Waals surface area contributed by atoms with Gasteiger partial charge < -0.3 is 10.2 Å². The van der Waals surface area contributed by atoms with Crippen molar-refractivity contribution in [3.8, 4) is 6.07 Å². The first kappa shape index (κ1) is 13.2. The van der Waals surface area contributed by atoms with Gasteiger partial charge in [0.1, 0.15) is 17.7 Å². The fourth-order valence-electron chi connectivity index (χ4n) is 1.34. The van der Waals surface area contributed by atoms with Crippen LogP contribution in [0.3, 0.4) is 0 Å². The van der Waals surface area contributed by atoms with Crippen molar-refractivity contribution >= 4 is 6.29 Å². The molecule has 0 saturated carbocycles. The van der Waals surface area contributed by atoms with Crippen molar-refractivity contribution in [1.29, 1.82) is 5.26 Å². The van der Waals surface area contributed by atoms with Crippen molar-refractivity contribution in [3.63, 3.8) is 0 Å². The number of hydrogen-bond acceptors (Lipinski definition) is 4. The van der Waals surface area contributed by atoms with Gasteiger partial charge in [-0.3, -0.25) is 4.79 Å². The molecule has 6 heteroatoms. The Hall–Kier alpha value is -1.84. The molecule has 0 aliphatic heterocycles. The number of carbonyl (C=O) groups excluding carboxylic acids is 1. The molecule has 17 heavy (non-hydrogen) atoms. The fraction of sp³-hybridized carbons (Fsp3) is 0.273. The number of aliphatic hydroxyl groups excluding tert-OH is 2. The Kier molecular flexibility index (Phi) is 4.26. The van der Waals surface area contributed by atoms with Crippen molar-refractivity contribution in [2.75, 3.05) is 0 Å². The van der Waals surface area contributed by atoms with E-state index in [2.05, 4.69) is 0 Å². The average molecular weight is 241 g/mol. The van der Waals surface area contributed by atoms with Gasteiger partial charge in [0.15, 0.2) is 6.29 Å². The van der Waals surface area contributed by atoms with E-state index < -0.39 is 41.4 Å². The summed E-state index contributed by atoms with van der Waals surface area (Å²) < 4.78 is 26.5. The molecule has 0 amide bonds. The number of benzene rings is 1. The lowest BCUT2D eigenvalue weighted by Crippen LogP contribution is -2.19. The summed E-state index contributed by atoms with van der Waals surface area (Å²) in [6, 6.07) is 3.33. The van der Waals surface area contributed by atoms with Gasteiger partial charge in [0.05, 0.1) is 24.2 Å². The van der Waals surface area contributed by atoms with Crippen LogP contribution in [-0.4, -0.2) is 22.6 Å².